The number of hydrogen-bond donors (Lipinski definition) is 1. The molecule has 0 bridgehead atoms. The molecule has 1 aliphatic rings. The van der Waals surface area contributed by atoms with Gasteiger partial charge in [-0.15, -0.1) is 6.42 Å². The number of halogens is 1. The van der Waals surface area contributed by atoms with E-state index in [2.05, 4.69) is 35.3 Å². The van der Waals surface area contributed by atoms with Gasteiger partial charge in [-0.25, -0.2) is 4.68 Å². The Kier molecular flexibility index (Phi) is 4.92. The molecule has 1 N–H and O–H groups in total. The predicted molar refractivity (Wildman–Crippen MR) is 85.7 cm³/mol. The first-order chi connectivity index (χ1) is 10.00. The molecule has 0 radical (unpaired) electrons. The van der Waals surface area contributed by atoms with Gasteiger partial charge in [0.2, 0.25) is 0 Å². The lowest BCUT2D eigenvalue weighted by atomic mass is 9.96. The van der Waals surface area contributed by atoms with Crippen molar-refractivity contribution >= 4 is 17.3 Å². The number of rotatable bonds is 5. The standard InChI is InChI=1S/C15H21ClN4O/c1-4-9-20-14(21)13(12(16)10-18-20)17-11-15(19(2)3)7-5-6-8-15/h1,10,17H,5-9,11H2,2-3H3. The minimum Gasteiger partial charge on any atom is -0.377 e. The zero-order valence-electron chi connectivity index (χ0n) is 12.5. The van der Waals surface area contributed by atoms with Crippen molar-refractivity contribution < 1.29 is 0 Å². The molecule has 6 heteroatoms. The molecule has 0 aromatic carbocycles. The van der Waals surface area contributed by atoms with E-state index in [0.29, 0.717) is 17.3 Å². The highest BCUT2D eigenvalue weighted by Gasteiger charge is 2.36. The van der Waals surface area contributed by atoms with E-state index in [1.165, 1.54) is 23.7 Å². The summed E-state index contributed by atoms with van der Waals surface area (Å²) in [5.74, 6) is 2.42. The molecule has 2 rings (SSSR count). The highest BCUT2D eigenvalue weighted by Crippen LogP contribution is 2.34. The van der Waals surface area contributed by atoms with Gasteiger partial charge in [0.15, 0.2) is 0 Å². The van der Waals surface area contributed by atoms with Crippen molar-refractivity contribution in [2.24, 2.45) is 0 Å². The van der Waals surface area contributed by atoms with Crippen molar-refractivity contribution in [1.29, 1.82) is 0 Å². The summed E-state index contributed by atoms with van der Waals surface area (Å²) in [6.45, 7) is 0.832. The van der Waals surface area contributed by atoms with Crippen LogP contribution in [0.4, 0.5) is 5.69 Å². The Labute approximate surface area is 130 Å². The molecule has 0 aliphatic heterocycles. The van der Waals surface area contributed by atoms with Crippen molar-refractivity contribution in [3.63, 3.8) is 0 Å². The molecule has 1 aromatic rings. The monoisotopic (exact) mass is 308 g/mol. The lowest BCUT2D eigenvalue weighted by Crippen LogP contribution is -2.48. The molecule has 1 fully saturated rings. The summed E-state index contributed by atoms with van der Waals surface area (Å²) in [5.41, 5.74) is 0.193. The van der Waals surface area contributed by atoms with E-state index in [0.717, 1.165) is 12.8 Å². The highest BCUT2D eigenvalue weighted by molar-refractivity contribution is 6.33. The van der Waals surface area contributed by atoms with Gasteiger partial charge in [-0.1, -0.05) is 30.4 Å². The number of likely N-dealkylation sites (N-methyl/N-ethyl adjacent to an activating group) is 1. The van der Waals surface area contributed by atoms with Crippen LogP contribution < -0.4 is 10.9 Å². The molecule has 1 aliphatic carbocycles. The van der Waals surface area contributed by atoms with E-state index < -0.39 is 0 Å². The van der Waals surface area contributed by atoms with Gasteiger partial charge in [-0.3, -0.25) is 4.79 Å². The quantitative estimate of drug-likeness (QED) is 0.843. The van der Waals surface area contributed by atoms with E-state index in [4.69, 9.17) is 18.0 Å². The van der Waals surface area contributed by atoms with Gasteiger partial charge < -0.3 is 10.2 Å². The van der Waals surface area contributed by atoms with Crippen LogP contribution in [0.5, 0.6) is 0 Å². The van der Waals surface area contributed by atoms with Crippen LogP contribution >= 0.6 is 11.6 Å². The Bertz CT molecular complexity index is 597. The minimum atomic E-state index is -0.271. The molecule has 114 valence electrons. The first kappa shape index (κ1) is 15.9. The maximum atomic E-state index is 12.3. The summed E-state index contributed by atoms with van der Waals surface area (Å²) < 4.78 is 1.24. The number of nitrogens with one attached hydrogen (secondary N) is 1. The lowest BCUT2D eigenvalue weighted by Gasteiger charge is -2.36. The number of terminal acetylenes is 1. The summed E-state index contributed by atoms with van der Waals surface area (Å²) in [4.78, 5) is 14.5. The van der Waals surface area contributed by atoms with Crippen molar-refractivity contribution in [2.75, 3.05) is 26.0 Å². The summed E-state index contributed by atoms with van der Waals surface area (Å²) >= 11 is 6.11. The first-order valence-electron chi connectivity index (χ1n) is 7.10. The van der Waals surface area contributed by atoms with Crippen LogP contribution in [0.25, 0.3) is 0 Å². The molecule has 0 spiro atoms. The molecule has 0 atom stereocenters. The van der Waals surface area contributed by atoms with Gasteiger partial charge in [0, 0.05) is 12.1 Å². The van der Waals surface area contributed by atoms with Gasteiger partial charge in [0.25, 0.3) is 5.56 Å². The molecular weight excluding hydrogens is 288 g/mol. The first-order valence-corrected chi connectivity index (χ1v) is 7.48. The maximum absolute atomic E-state index is 12.3. The van der Waals surface area contributed by atoms with Gasteiger partial charge in [0.05, 0.1) is 11.2 Å². The van der Waals surface area contributed by atoms with Crippen LogP contribution in [-0.2, 0) is 6.54 Å². The Hall–Kier alpha value is -1.51. The van der Waals surface area contributed by atoms with E-state index in [1.807, 2.05) is 0 Å². The third-order valence-corrected chi connectivity index (χ3v) is 4.60. The maximum Gasteiger partial charge on any atom is 0.292 e. The van der Waals surface area contributed by atoms with E-state index in [-0.39, 0.29) is 17.6 Å². The molecule has 1 saturated carbocycles. The van der Waals surface area contributed by atoms with Gasteiger partial charge in [-0.2, -0.15) is 5.10 Å². The minimum absolute atomic E-state index is 0.0794. The topological polar surface area (TPSA) is 50.2 Å². The second-order valence-corrected chi connectivity index (χ2v) is 6.12. The fourth-order valence-corrected chi connectivity index (χ4v) is 3.09. The van der Waals surface area contributed by atoms with Gasteiger partial charge in [-0.05, 0) is 26.9 Å². The lowest BCUT2D eigenvalue weighted by molar-refractivity contribution is 0.172. The van der Waals surface area contributed by atoms with E-state index in [9.17, 15) is 4.79 Å². The molecule has 5 nitrogen and oxygen atoms in total. The van der Waals surface area contributed by atoms with Crippen LogP contribution in [0, 0.1) is 12.3 Å². The fraction of sp³-hybridized carbons (Fsp3) is 0.600. The van der Waals surface area contributed by atoms with Crippen molar-refractivity contribution in [3.05, 3.63) is 21.6 Å². The summed E-state index contributed by atoms with van der Waals surface area (Å²) in [6.07, 6.45) is 11.4. The summed E-state index contributed by atoms with van der Waals surface area (Å²) in [7, 11) is 4.16. The molecule has 21 heavy (non-hydrogen) atoms. The highest BCUT2D eigenvalue weighted by atomic mass is 35.5. The zero-order valence-corrected chi connectivity index (χ0v) is 13.3. The summed E-state index contributed by atoms with van der Waals surface area (Å²) in [6, 6.07) is 0. The Morgan fingerprint density at radius 3 is 2.76 bits per heavy atom. The largest absolute Gasteiger partial charge is 0.377 e. The van der Waals surface area contributed by atoms with Crippen molar-refractivity contribution in [1.82, 2.24) is 14.7 Å². The predicted octanol–water partition coefficient (Wildman–Crippen LogP) is 1.82. The molecule has 1 heterocycles. The van der Waals surface area contributed by atoms with Crippen LogP contribution in [0.3, 0.4) is 0 Å². The van der Waals surface area contributed by atoms with Crippen LogP contribution in [-0.4, -0.2) is 40.9 Å². The van der Waals surface area contributed by atoms with Crippen molar-refractivity contribution in [3.8, 4) is 12.3 Å². The van der Waals surface area contributed by atoms with Crippen LogP contribution in [0.15, 0.2) is 11.0 Å². The average molecular weight is 309 g/mol. The Morgan fingerprint density at radius 1 is 1.52 bits per heavy atom. The molecule has 0 amide bonds. The molecular formula is C15H21ClN4O. The zero-order chi connectivity index (χ0) is 15.5. The number of anilines is 1. The van der Waals surface area contributed by atoms with Gasteiger partial charge in [0.1, 0.15) is 12.2 Å². The molecule has 1 aromatic heterocycles. The number of aromatic nitrogens is 2. The van der Waals surface area contributed by atoms with Gasteiger partial charge >= 0.3 is 0 Å². The second kappa shape index (κ2) is 6.50. The molecule has 0 saturated heterocycles. The van der Waals surface area contributed by atoms with Crippen LogP contribution in [0.2, 0.25) is 5.02 Å². The normalized spacial score (nSPS) is 16.9. The Balaban J connectivity index is 2.22. The average Bonchev–Trinajstić information content (AvgIpc) is 2.92. The van der Waals surface area contributed by atoms with E-state index >= 15 is 0 Å². The third-order valence-electron chi connectivity index (χ3n) is 4.32. The van der Waals surface area contributed by atoms with Crippen molar-refractivity contribution in [2.45, 2.75) is 37.8 Å². The number of nitrogens with zero attached hydrogens (tertiary/aromatic N) is 3. The summed E-state index contributed by atoms with van der Waals surface area (Å²) in [5, 5.41) is 7.50. The Morgan fingerprint density at radius 2 is 2.19 bits per heavy atom. The number of hydrogen-bond acceptors (Lipinski definition) is 4. The smallest absolute Gasteiger partial charge is 0.292 e. The van der Waals surface area contributed by atoms with Crippen LogP contribution in [0.1, 0.15) is 25.7 Å². The second-order valence-electron chi connectivity index (χ2n) is 5.71. The molecule has 0 unspecified atom stereocenters. The third kappa shape index (κ3) is 3.22. The SMILES string of the molecule is C#CCn1ncc(Cl)c(NCC2(N(C)C)CCCC2)c1=O. The van der Waals surface area contributed by atoms with E-state index in [1.54, 1.807) is 0 Å². The fourth-order valence-electron chi connectivity index (χ4n) is 2.90.